The number of rotatable bonds is 8. The molecule has 2 saturated carbocycles. The summed E-state index contributed by atoms with van der Waals surface area (Å²) < 4.78 is 11.9. The predicted octanol–water partition coefficient (Wildman–Crippen LogP) is 6.94. The molecule has 1 aromatic carbocycles. The van der Waals surface area contributed by atoms with Gasteiger partial charge in [-0.05, 0) is 50.7 Å². The van der Waals surface area contributed by atoms with E-state index in [0.29, 0.717) is 46.5 Å². The number of aromatic nitrogens is 1. The lowest BCUT2D eigenvalue weighted by Gasteiger charge is -2.48. The molecule has 1 N–H and O–H groups in total. The van der Waals surface area contributed by atoms with E-state index in [1.165, 1.54) is 19.3 Å². The van der Waals surface area contributed by atoms with Gasteiger partial charge >= 0.3 is 6.03 Å². The molecular weight excluding hydrogens is 473 g/mol. The standard InChI is InChI=1S/C26H33Cl2N3O3/c1-2-18-13-19(31(18)26(32)29-17-7-4-3-5-8-17)14-33-15-20-24(30-34-25(20)16-11-12-16)23-21(27)9-6-10-22(23)28/h6,9-10,16-19H,2-5,7-8,11-15H2,1H3,(H,29,32). The number of benzene rings is 1. The van der Waals surface area contributed by atoms with Crippen LogP contribution in [0.15, 0.2) is 22.7 Å². The molecule has 0 radical (unpaired) electrons. The molecule has 6 nitrogen and oxygen atoms in total. The fraction of sp³-hybridized carbons (Fsp3) is 0.615. The Labute approximate surface area is 211 Å². The van der Waals surface area contributed by atoms with Gasteiger partial charge in [-0.15, -0.1) is 0 Å². The Bertz CT molecular complexity index is 996. The molecule has 8 heteroatoms. The Morgan fingerprint density at radius 1 is 1.15 bits per heavy atom. The minimum Gasteiger partial charge on any atom is -0.374 e. The van der Waals surface area contributed by atoms with Crippen LogP contribution in [-0.2, 0) is 11.3 Å². The first-order chi connectivity index (χ1) is 16.6. The molecule has 1 saturated heterocycles. The SMILES string of the molecule is CCC1CC(COCc2c(-c3c(Cl)cccc3Cl)noc2C2CC2)N1C(=O)NC1CCCCC1. The van der Waals surface area contributed by atoms with Gasteiger partial charge in [0.1, 0.15) is 11.5 Å². The second-order valence-electron chi connectivity index (χ2n) is 9.90. The molecule has 2 atom stereocenters. The first-order valence-electron chi connectivity index (χ1n) is 12.7. The van der Waals surface area contributed by atoms with Crippen molar-refractivity contribution in [3.63, 3.8) is 0 Å². The minimum atomic E-state index is 0.0609. The van der Waals surface area contributed by atoms with E-state index in [4.69, 9.17) is 32.5 Å². The molecule has 34 heavy (non-hydrogen) atoms. The van der Waals surface area contributed by atoms with Gasteiger partial charge in [0.25, 0.3) is 0 Å². The monoisotopic (exact) mass is 505 g/mol. The molecule has 2 amide bonds. The highest BCUT2D eigenvalue weighted by atomic mass is 35.5. The largest absolute Gasteiger partial charge is 0.374 e. The highest BCUT2D eigenvalue weighted by molar-refractivity contribution is 6.39. The van der Waals surface area contributed by atoms with Crippen molar-refractivity contribution < 1.29 is 14.1 Å². The zero-order chi connectivity index (χ0) is 23.7. The van der Waals surface area contributed by atoms with Crippen LogP contribution in [0, 0.1) is 0 Å². The number of urea groups is 1. The number of halogens is 2. The van der Waals surface area contributed by atoms with Crippen LogP contribution in [0.25, 0.3) is 11.3 Å². The van der Waals surface area contributed by atoms with E-state index in [2.05, 4.69) is 17.4 Å². The smallest absolute Gasteiger partial charge is 0.318 e. The van der Waals surface area contributed by atoms with E-state index in [9.17, 15) is 4.79 Å². The maximum Gasteiger partial charge on any atom is 0.318 e. The normalized spacial score (nSPS) is 23.1. The van der Waals surface area contributed by atoms with Crippen LogP contribution < -0.4 is 5.32 Å². The predicted molar refractivity (Wildman–Crippen MR) is 133 cm³/mol. The molecule has 3 aliphatic rings. The van der Waals surface area contributed by atoms with Crippen LogP contribution in [0.4, 0.5) is 4.79 Å². The van der Waals surface area contributed by atoms with E-state index < -0.39 is 0 Å². The number of nitrogens with one attached hydrogen (secondary N) is 1. The molecule has 1 aromatic heterocycles. The van der Waals surface area contributed by atoms with Gasteiger partial charge in [-0.25, -0.2) is 4.79 Å². The van der Waals surface area contributed by atoms with Crippen molar-refractivity contribution in [2.75, 3.05) is 6.61 Å². The summed E-state index contributed by atoms with van der Waals surface area (Å²) in [7, 11) is 0. The summed E-state index contributed by atoms with van der Waals surface area (Å²) in [5.74, 6) is 1.25. The van der Waals surface area contributed by atoms with Gasteiger partial charge in [0.2, 0.25) is 0 Å². The van der Waals surface area contributed by atoms with Crippen LogP contribution in [-0.4, -0.2) is 40.8 Å². The molecule has 184 valence electrons. The fourth-order valence-electron chi connectivity index (χ4n) is 5.39. The van der Waals surface area contributed by atoms with Gasteiger partial charge in [-0.2, -0.15) is 0 Å². The van der Waals surface area contributed by atoms with E-state index in [1.54, 1.807) is 12.1 Å². The van der Waals surface area contributed by atoms with Gasteiger partial charge < -0.3 is 19.5 Å². The summed E-state index contributed by atoms with van der Waals surface area (Å²) in [5, 5.41) is 8.69. The molecule has 2 unspecified atom stereocenters. The van der Waals surface area contributed by atoms with Crippen LogP contribution in [0.2, 0.25) is 10.0 Å². The number of likely N-dealkylation sites (tertiary alicyclic amines) is 1. The van der Waals surface area contributed by atoms with Crippen molar-refractivity contribution in [1.82, 2.24) is 15.4 Å². The number of hydrogen-bond acceptors (Lipinski definition) is 4. The highest BCUT2D eigenvalue weighted by Crippen LogP contribution is 2.46. The maximum absolute atomic E-state index is 13.0. The average Bonchev–Trinajstić information content (AvgIpc) is 3.57. The van der Waals surface area contributed by atoms with E-state index >= 15 is 0 Å². The van der Waals surface area contributed by atoms with Gasteiger partial charge in [0, 0.05) is 29.1 Å². The van der Waals surface area contributed by atoms with Crippen LogP contribution in [0.3, 0.4) is 0 Å². The second kappa shape index (κ2) is 10.5. The third-order valence-corrected chi connectivity index (χ3v) is 8.12. The van der Waals surface area contributed by atoms with Crippen molar-refractivity contribution in [1.29, 1.82) is 0 Å². The molecule has 2 aromatic rings. The molecular formula is C26H33Cl2N3O3. The molecule has 5 rings (SSSR count). The Balaban J connectivity index is 1.25. The summed E-state index contributed by atoms with van der Waals surface area (Å²) in [6, 6.07) is 6.17. The summed E-state index contributed by atoms with van der Waals surface area (Å²) in [5.41, 5.74) is 2.26. The average molecular weight is 506 g/mol. The van der Waals surface area contributed by atoms with E-state index in [1.807, 2.05) is 11.0 Å². The lowest BCUT2D eigenvalue weighted by molar-refractivity contribution is -0.0172. The van der Waals surface area contributed by atoms with Gasteiger partial charge in [-0.1, -0.05) is 60.6 Å². The summed E-state index contributed by atoms with van der Waals surface area (Å²) >= 11 is 12.9. The first-order valence-corrected chi connectivity index (χ1v) is 13.4. The third-order valence-electron chi connectivity index (χ3n) is 7.49. The molecule has 1 aliphatic heterocycles. The Kier molecular flexibility index (Phi) is 7.38. The zero-order valence-corrected chi connectivity index (χ0v) is 21.2. The van der Waals surface area contributed by atoms with Crippen molar-refractivity contribution in [2.45, 2.75) is 95.4 Å². The number of hydrogen-bond donors (Lipinski definition) is 1. The Morgan fingerprint density at radius 3 is 2.56 bits per heavy atom. The summed E-state index contributed by atoms with van der Waals surface area (Å²) in [6.45, 7) is 2.98. The summed E-state index contributed by atoms with van der Waals surface area (Å²) in [6.07, 6.45) is 9.96. The van der Waals surface area contributed by atoms with Crippen molar-refractivity contribution >= 4 is 29.2 Å². The van der Waals surface area contributed by atoms with Crippen molar-refractivity contribution in [2.24, 2.45) is 0 Å². The van der Waals surface area contributed by atoms with Crippen LogP contribution in [0.5, 0.6) is 0 Å². The molecule has 2 aliphatic carbocycles. The van der Waals surface area contributed by atoms with Gasteiger partial charge in [0.15, 0.2) is 0 Å². The molecule has 0 bridgehead atoms. The number of ether oxygens (including phenoxy) is 1. The minimum absolute atomic E-state index is 0.0609. The molecule has 3 fully saturated rings. The number of amides is 2. The van der Waals surface area contributed by atoms with Crippen LogP contribution >= 0.6 is 23.2 Å². The van der Waals surface area contributed by atoms with Gasteiger partial charge in [0.05, 0.1) is 29.3 Å². The molecule has 0 spiro atoms. The van der Waals surface area contributed by atoms with Gasteiger partial charge in [-0.3, -0.25) is 0 Å². The summed E-state index contributed by atoms with van der Waals surface area (Å²) in [4.78, 5) is 15.0. The maximum atomic E-state index is 13.0. The number of carbonyl (C=O) groups is 1. The second-order valence-corrected chi connectivity index (χ2v) is 10.7. The van der Waals surface area contributed by atoms with Crippen molar-refractivity contribution in [3.05, 3.63) is 39.6 Å². The quantitative estimate of drug-likeness (QED) is 0.421. The molecule has 2 heterocycles. The fourth-order valence-corrected chi connectivity index (χ4v) is 5.96. The third kappa shape index (κ3) is 4.95. The Morgan fingerprint density at radius 2 is 1.88 bits per heavy atom. The van der Waals surface area contributed by atoms with E-state index in [0.717, 1.165) is 49.8 Å². The van der Waals surface area contributed by atoms with Crippen molar-refractivity contribution in [3.8, 4) is 11.3 Å². The van der Waals surface area contributed by atoms with Crippen LogP contribution in [0.1, 0.15) is 82.0 Å². The number of nitrogens with zero attached hydrogens (tertiary/aromatic N) is 2. The lowest BCUT2D eigenvalue weighted by atomic mass is 9.91. The zero-order valence-electron chi connectivity index (χ0n) is 19.7. The topological polar surface area (TPSA) is 67.6 Å². The lowest BCUT2D eigenvalue weighted by Crippen LogP contribution is -2.63. The first kappa shape index (κ1) is 24.0. The highest BCUT2D eigenvalue weighted by Gasteiger charge is 2.41. The number of carbonyl (C=O) groups excluding carboxylic acids is 1. The van der Waals surface area contributed by atoms with E-state index in [-0.39, 0.29) is 18.1 Å². The Hall–Kier alpha value is -1.76.